The van der Waals surface area contributed by atoms with Crippen LogP contribution in [0.5, 0.6) is 5.75 Å². The van der Waals surface area contributed by atoms with Crippen LogP contribution in [0, 0.1) is 6.92 Å². The second-order valence-electron chi connectivity index (χ2n) is 5.41. The van der Waals surface area contributed by atoms with Gasteiger partial charge in [-0.15, -0.1) is 0 Å². The summed E-state index contributed by atoms with van der Waals surface area (Å²) in [5.74, 6) is 1.03. The predicted molar refractivity (Wildman–Crippen MR) is 82.2 cm³/mol. The van der Waals surface area contributed by atoms with E-state index in [2.05, 4.69) is 61.6 Å². The molecule has 0 spiro atoms. The van der Waals surface area contributed by atoms with Crippen LogP contribution in [0.15, 0.2) is 48.5 Å². The van der Waals surface area contributed by atoms with Crippen molar-refractivity contribution < 1.29 is 4.74 Å². The first-order valence-corrected chi connectivity index (χ1v) is 7.32. The average Bonchev–Trinajstić information content (AvgIpc) is 2.89. The Morgan fingerprint density at radius 3 is 2.60 bits per heavy atom. The van der Waals surface area contributed by atoms with E-state index in [1.54, 1.807) is 0 Å². The minimum atomic E-state index is 0.176. The summed E-state index contributed by atoms with van der Waals surface area (Å²) in [5.41, 5.74) is 3.90. The molecule has 2 aromatic rings. The first-order valence-electron chi connectivity index (χ1n) is 7.32. The van der Waals surface area contributed by atoms with Gasteiger partial charge >= 0.3 is 0 Å². The molecule has 0 saturated carbocycles. The zero-order valence-corrected chi connectivity index (χ0v) is 12.1. The second-order valence-corrected chi connectivity index (χ2v) is 5.41. The fraction of sp³-hybridized carbons (Fsp3) is 0.333. The topological polar surface area (TPSA) is 21.3 Å². The Balaban J connectivity index is 1.84. The lowest BCUT2D eigenvalue weighted by atomic mass is 9.97. The van der Waals surface area contributed by atoms with Gasteiger partial charge in [-0.3, -0.25) is 0 Å². The van der Waals surface area contributed by atoms with E-state index in [1.807, 2.05) is 6.07 Å². The highest BCUT2D eigenvalue weighted by Gasteiger charge is 2.30. The third-order valence-electron chi connectivity index (χ3n) is 3.90. The second kappa shape index (κ2) is 5.68. The zero-order valence-electron chi connectivity index (χ0n) is 12.1. The Kier molecular flexibility index (Phi) is 3.75. The third kappa shape index (κ3) is 2.56. The lowest BCUT2D eigenvalue weighted by Gasteiger charge is -2.24. The number of para-hydroxylation sites is 1. The maximum atomic E-state index is 6.14. The molecule has 2 heteroatoms. The maximum Gasteiger partial charge on any atom is 0.123 e. The largest absolute Gasteiger partial charge is 0.488 e. The van der Waals surface area contributed by atoms with Gasteiger partial charge in [-0.05, 0) is 30.7 Å². The molecule has 20 heavy (non-hydrogen) atoms. The number of hydrogen-bond donors (Lipinski definition) is 1. The quantitative estimate of drug-likeness (QED) is 0.913. The number of fused-ring (bicyclic) bond motifs is 1. The molecule has 0 aromatic heterocycles. The van der Waals surface area contributed by atoms with Crippen LogP contribution < -0.4 is 10.1 Å². The summed E-state index contributed by atoms with van der Waals surface area (Å²) in [6, 6.07) is 17.3. The van der Waals surface area contributed by atoms with E-state index in [9.17, 15) is 0 Å². The first-order chi connectivity index (χ1) is 9.78. The molecule has 1 N–H and O–H groups in total. The molecule has 0 amide bonds. The van der Waals surface area contributed by atoms with Crippen molar-refractivity contribution in [1.29, 1.82) is 0 Å². The van der Waals surface area contributed by atoms with Gasteiger partial charge in [-0.2, -0.15) is 0 Å². The molecule has 2 unspecified atom stereocenters. The zero-order chi connectivity index (χ0) is 13.9. The summed E-state index contributed by atoms with van der Waals surface area (Å²) in [4.78, 5) is 0. The molecule has 104 valence electrons. The molecule has 2 nitrogen and oxygen atoms in total. The average molecular weight is 267 g/mol. The number of likely N-dealkylation sites (N-methyl/N-ethyl adjacent to an activating group) is 1. The molecule has 1 aliphatic heterocycles. The van der Waals surface area contributed by atoms with Gasteiger partial charge in [0.25, 0.3) is 0 Å². The standard InChI is InChI=1S/C18H21NO/c1-3-19-18(14-10-8-13(2)9-11-14)17-12-15-6-4-5-7-16(15)20-17/h4-11,17-19H,3,12H2,1-2H3. The van der Waals surface area contributed by atoms with Crippen molar-refractivity contribution in [3.05, 3.63) is 65.2 Å². The van der Waals surface area contributed by atoms with Crippen molar-refractivity contribution in [3.63, 3.8) is 0 Å². The molecular weight excluding hydrogens is 246 g/mol. The molecule has 2 aromatic carbocycles. The molecule has 2 atom stereocenters. The lowest BCUT2D eigenvalue weighted by molar-refractivity contribution is 0.180. The van der Waals surface area contributed by atoms with E-state index in [-0.39, 0.29) is 12.1 Å². The summed E-state index contributed by atoms with van der Waals surface area (Å²) in [5, 5.41) is 3.57. The van der Waals surface area contributed by atoms with Crippen LogP contribution in [-0.2, 0) is 6.42 Å². The maximum absolute atomic E-state index is 6.14. The number of ether oxygens (including phenoxy) is 1. The van der Waals surface area contributed by atoms with Gasteiger partial charge < -0.3 is 10.1 Å². The van der Waals surface area contributed by atoms with Gasteiger partial charge in [0, 0.05) is 6.42 Å². The van der Waals surface area contributed by atoms with Crippen LogP contribution >= 0.6 is 0 Å². The molecular formula is C18H21NO. The van der Waals surface area contributed by atoms with Crippen molar-refractivity contribution in [1.82, 2.24) is 5.32 Å². The fourth-order valence-electron chi connectivity index (χ4n) is 2.85. The molecule has 0 saturated heterocycles. The molecule has 1 heterocycles. The van der Waals surface area contributed by atoms with Crippen LogP contribution in [0.1, 0.15) is 29.7 Å². The molecule has 0 fully saturated rings. The number of nitrogens with one attached hydrogen (secondary N) is 1. The van der Waals surface area contributed by atoms with Crippen molar-refractivity contribution in [3.8, 4) is 5.75 Å². The Bertz CT molecular complexity index is 551. The normalized spacial score (nSPS) is 18.4. The third-order valence-corrected chi connectivity index (χ3v) is 3.90. The molecule has 0 radical (unpaired) electrons. The predicted octanol–water partition coefficient (Wildman–Crippen LogP) is 3.65. The summed E-state index contributed by atoms with van der Waals surface area (Å²) < 4.78 is 6.14. The molecule has 0 bridgehead atoms. The fourth-order valence-corrected chi connectivity index (χ4v) is 2.85. The summed E-state index contributed by atoms with van der Waals surface area (Å²) >= 11 is 0. The van der Waals surface area contributed by atoms with Crippen LogP contribution in [0.3, 0.4) is 0 Å². The summed E-state index contributed by atoms with van der Waals surface area (Å²) in [7, 11) is 0. The molecule has 0 aliphatic carbocycles. The Labute approximate surface area is 120 Å². The minimum absolute atomic E-state index is 0.176. The van der Waals surface area contributed by atoms with Crippen LogP contribution in [0.2, 0.25) is 0 Å². The van der Waals surface area contributed by atoms with E-state index >= 15 is 0 Å². The Morgan fingerprint density at radius 2 is 1.90 bits per heavy atom. The number of rotatable bonds is 4. The van der Waals surface area contributed by atoms with E-state index in [0.717, 1.165) is 18.7 Å². The Hall–Kier alpha value is -1.80. The van der Waals surface area contributed by atoms with E-state index in [4.69, 9.17) is 4.74 Å². The first kappa shape index (κ1) is 13.2. The smallest absolute Gasteiger partial charge is 0.123 e. The van der Waals surface area contributed by atoms with Gasteiger partial charge in [0.2, 0.25) is 0 Å². The number of hydrogen-bond acceptors (Lipinski definition) is 2. The van der Waals surface area contributed by atoms with E-state index in [0.29, 0.717) is 0 Å². The van der Waals surface area contributed by atoms with E-state index in [1.165, 1.54) is 16.7 Å². The van der Waals surface area contributed by atoms with Crippen LogP contribution in [-0.4, -0.2) is 12.6 Å². The lowest BCUT2D eigenvalue weighted by Crippen LogP contribution is -2.34. The van der Waals surface area contributed by atoms with E-state index < -0.39 is 0 Å². The minimum Gasteiger partial charge on any atom is -0.488 e. The van der Waals surface area contributed by atoms with Crippen molar-refractivity contribution >= 4 is 0 Å². The number of benzene rings is 2. The number of aryl methyl sites for hydroxylation is 1. The van der Waals surface area contributed by atoms with Crippen LogP contribution in [0.4, 0.5) is 0 Å². The van der Waals surface area contributed by atoms with Crippen molar-refractivity contribution in [2.24, 2.45) is 0 Å². The van der Waals surface area contributed by atoms with Gasteiger partial charge in [-0.25, -0.2) is 0 Å². The Morgan fingerprint density at radius 1 is 1.15 bits per heavy atom. The van der Waals surface area contributed by atoms with Crippen LogP contribution in [0.25, 0.3) is 0 Å². The highest BCUT2D eigenvalue weighted by molar-refractivity contribution is 5.38. The summed E-state index contributed by atoms with van der Waals surface area (Å²) in [6.07, 6.45) is 1.15. The van der Waals surface area contributed by atoms with Gasteiger partial charge in [0.1, 0.15) is 11.9 Å². The SMILES string of the molecule is CCNC(c1ccc(C)cc1)C1Cc2ccccc2O1. The van der Waals surface area contributed by atoms with Gasteiger partial charge in [0.05, 0.1) is 6.04 Å². The van der Waals surface area contributed by atoms with Gasteiger partial charge in [0.15, 0.2) is 0 Å². The molecule has 3 rings (SSSR count). The monoisotopic (exact) mass is 267 g/mol. The highest BCUT2D eigenvalue weighted by atomic mass is 16.5. The summed E-state index contributed by atoms with van der Waals surface area (Å²) in [6.45, 7) is 5.20. The van der Waals surface area contributed by atoms with Crippen molar-refractivity contribution in [2.45, 2.75) is 32.4 Å². The van der Waals surface area contributed by atoms with Gasteiger partial charge in [-0.1, -0.05) is 55.0 Å². The highest BCUT2D eigenvalue weighted by Crippen LogP contribution is 2.34. The molecule has 1 aliphatic rings. The van der Waals surface area contributed by atoms with Crippen molar-refractivity contribution in [2.75, 3.05) is 6.54 Å².